The fraction of sp³-hybridized carbons (Fsp3) is 0.400. The summed E-state index contributed by atoms with van der Waals surface area (Å²) < 4.78 is 15.8. The van der Waals surface area contributed by atoms with Crippen LogP contribution in [0.15, 0.2) is 35.6 Å². The number of ether oxygens (including phenoxy) is 3. The first-order valence-corrected chi connectivity index (χ1v) is 9.22. The van der Waals surface area contributed by atoms with E-state index in [2.05, 4.69) is 27.1 Å². The lowest BCUT2D eigenvalue weighted by molar-refractivity contribution is -0.121. The van der Waals surface area contributed by atoms with Crippen molar-refractivity contribution in [3.8, 4) is 22.9 Å². The fourth-order valence-corrected chi connectivity index (χ4v) is 2.50. The van der Waals surface area contributed by atoms with Crippen molar-refractivity contribution in [1.29, 1.82) is 0 Å². The molecule has 9 nitrogen and oxygen atoms in total. The molecule has 0 saturated carbocycles. The molecule has 1 aromatic carbocycles. The highest BCUT2D eigenvalue weighted by atomic mass is 16.5. The van der Waals surface area contributed by atoms with Crippen LogP contribution in [-0.2, 0) is 16.0 Å². The summed E-state index contributed by atoms with van der Waals surface area (Å²) in [6.07, 6.45) is 2.73. The standard InChI is InChI=1S/C20H26N4O5/c1-4-11-29-16-8-6-14(13-17(16)28-3)19-22-20(26)15(23-24-19)7-9-18(25)21-10-5-12-27-2/h4,6,8,13H,1,5,7,9-12H2,2-3H3,(H,21,25)(H,22,24,26). The Bertz CT molecular complexity index is 881. The second-order valence-corrected chi connectivity index (χ2v) is 6.11. The van der Waals surface area contributed by atoms with Gasteiger partial charge in [-0.05, 0) is 24.6 Å². The lowest BCUT2D eigenvalue weighted by Crippen LogP contribution is -2.27. The molecule has 0 fully saturated rings. The largest absolute Gasteiger partial charge is 0.493 e. The second kappa shape index (κ2) is 11.6. The van der Waals surface area contributed by atoms with Crippen molar-refractivity contribution >= 4 is 5.91 Å². The van der Waals surface area contributed by atoms with E-state index in [-0.39, 0.29) is 30.0 Å². The lowest BCUT2D eigenvalue weighted by atomic mass is 10.2. The average molecular weight is 402 g/mol. The van der Waals surface area contributed by atoms with E-state index in [1.807, 2.05) is 0 Å². The third-order valence-electron chi connectivity index (χ3n) is 3.99. The predicted octanol–water partition coefficient (Wildman–Crippen LogP) is 1.49. The lowest BCUT2D eigenvalue weighted by Gasteiger charge is -2.10. The molecule has 0 aliphatic carbocycles. The van der Waals surface area contributed by atoms with Gasteiger partial charge in [-0.2, -0.15) is 0 Å². The number of aromatic amines is 1. The van der Waals surface area contributed by atoms with Gasteiger partial charge in [0.1, 0.15) is 12.3 Å². The number of benzene rings is 1. The molecule has 2 rings (SSSR count). The van der Waals surface area contributed by atoms with Crippen LogP contribution in [0.5, 0.6) is 11.5 Å². The van der Waals surface area contributed by atoms with Gasteiger partial charge in [0.25, 0.3) is 5.56 Å². The zero-order valence-electron chi connectivity index (χ0n) is 16.7. The van der Waals surface area contributed by atoms with E-state index in [1.165, 1.54) is 7.11 Å². The first kappa shape index (κ1) is 22.1. The molecule has 2 N–H and O–H groups in total. The number of carbonyl (C=O) groups is 1. The van der Waals surface area contributed by atoms with Crippen LogP contribution in [0, 0.1) is 0 Å². The minimum absolute atomic E-state index is 0.147. The Morgan fingerprint density at radius 1 is 1.28 bits per heavy atom. The van der Waals surface area contributed by atoms with E-state index in [9.17, 15) is 9.59 Å². The molecular weight excluding hydrogens is 376 g/mol. The molecule has 0 spiro atoms. The third kappa shape index (κ3) is 6.72. The first-order valence-electron chi connectivity index (χ1n) is 9.22. The Hall–Kier alpha value is -3.20. The van der Waals surface area contributed by atoms with Gasteiger partial charge in [-0.15, -0.1) is 10.2 Å². The molecule has 156 valence electrons. The van der Waals surface area contributed by atoms with Gasteiger partial charge in [0.05, 0.1) is 7.11 Å². The maximum absolute atomic E-state index is 12.3. The van der Waals surface area contributed by atoms with Crippen molar-refractivity contribution < 1.29 is 19.0 Å². The van der Waals surface area contributed by atoms with Crippen LogP contribution < -0.4 is 20.3 Å². The molecule has 0 atom stereocenters. The maximum atomic E-state index is 12.3. The van der Waals surface area contributed by atoms with Crippen molar-refractivity contribution in [2.75, 3.05) is 34.0 Å². The number of hydrogen-bond donors (Lipinski definition) is 2. The highest BCUT2D eigenvalue weighted by Gasteiger charge is 2.12. The van der Waals surface area contributed by atoms with Crippen LogP contribution in [0.2, 0.25) is 0 Å². The van der Waals surface area contributed by atoms with E-state index in [0.29, 0.717) is 42.6 Å². The normalized spacial score (nSPS) is 10.4. The topological polar surface area (TPSA) is 115 Å². The number of nitrogens with one attached hydrogen (secondary N) is 2. The monoisotopic (exact) mass is 402 g/mol. The van der Waals surface area contributed by atoms with Crippen LogP contribution in [0.4, 0.5) is 0 Å². The van der Waals surface area contributed by atoms with Crippen molar-refractivity contribution in [3.05, 3.63) is 46.9 Å². The molecule has 0 radical (unpaired) electrons. The van der Waals surface area contributed by atoms with Gasteiger partial charge in [-0.1, -0.05) is 12.7 Å². The van der Waals surface area contributed by atoms with E-state index in [0.717, 1.165) is 6.42 Å². The molecular formula is C20H26N4O5. The molecule has 0 bridgehead atoms. The molecule has 1 amide bonds. The van der Waals surface area contributed by atoms with Crippen molar-refractivity contribution in [2.24, 2.45) is 0 Å². The zero-order valence-corrected chi connectivity index (χ0v) is 16.7. The van der Waals surface area contributed by atoms with E-state index in [4.69, 9.17) is 14.2 Å². The van der Waals surface area contributed by atoms with Gasteiger partial charge in [-0.3, -0.25) is 9.59 Å². The second-order valence-electron chi connectivity index (χ2n) is 6.11. The van der Waals surface area contributed by atoms with Crippen LogP contribution in [0.3, 0.4) is 0 Å². The van der Waals surface area contributed by atoms with Gasteiger partial charge in [0, 0.05) is 38.7 Å². The van der Waals surface area contributed by atoms with Crippen LogP contribution in [0.25, 0.3) is 11.4 Å². The molecule has 0 saturated heterocycles. The van der Waals surface area contributed by atoms with Gasteiger partial charge in [-0.25, -0.2) is 0 Å². The Morgan fingerprint density at radius 3 is 2.79 bits per heavy atom. The van der Waals surface area contributed by atoms with Crippen molar-refractivity contribution in [3.63, 3.8) is 0 Å². The van der Waals surface area contributed by atoms with Gasteiger partial charge in [0.2, 0.25) is 5.91 Å². The number of amides is 1. The number of rotatable bonds is 12. The minimum Gasteiger partial charge on any atom is -0.493 e. The zero-order chi connectivity index (χ0) is 21.1. The summed E-state index contributed by atoms with van der Waals surface area (Å²) in [5.41, 5.74) is 0.451. The summed E-state index contributed by atoms with van der Waals surface area (Å²) in [4.78, 5) is 26.8. The highest BCUT2D eigenvalue weighted by molar-refractivity contribution is 5.76. The van der Waals surface area contributed by atoms with Crippen LogP contribution in [-0.4, -0.2) is 55.1 Å². The Kier molecular flexibility index (Phi) is 8.84. The van der Waals surface area contributed by atoms with Gasteiger partial charge < -0.3 is 24.5 Å². The van der Waals surface area contributed by atoms with Gasteiger partial charge in [0.15, 0.2) is 17.3 Å². The number of methoxy groups -OCH3 is 2. The maximum Gasteiger partial charge on any atom is 0.273 e. The molecule has 29 heavy (non-hydrogen) atoms. The molecule has 1 aromatic heterocycles. The molecule has 2 aromatic rings. The van der Waals surface area contributed by atoms with E-state index < -0.39 is 0 Å². The quantitative estimate of drug-likeness (QED) is 0.408. The summed E-state index contributed by atoms with van der Waals surface area (Å²) in [7, 11) is 3.13. The number of aryl methyl sites for hydroxylation is 1. The molecule has 1 heterocycles. The number of carbonyl (C=O) groups excluding carboxylic acids is 1. The third-order valence-corrected chi connectivity index (χ3v) is 3.99. The average Bonchev–Trinajstić information content (AvgIpc) is 2.74. The summed E-state index contributed by atoms with van der Waals surface area (Å²) >= 11 is 0. The van der Waals surface area contributed by atoms with Crippen molar-refractivity contribution in [1.82, 2.24) is 20.5 Å². The molecule has 0 aliphatic heterocycles. The number of hydrogen-bond acceptors (Lipinski definition) is 7. The van der Waals surface area contributed by atoms with Crippen LogP contribution >= 0.6 is 0 Å². The van der Waals surface area contributed by atoms with E-state index in [1.54, 1.807) is 31.4 Å². The van der Waals surface area contributed by atoms with Crippen LogP contribution in [0.1, 0.15) is 18.5 Å². The molecule has 0 aliphatic rings. The molecule has 0 unspecified atom stereocenters. The fourth-order valence-electron chi connectivity index (χ4n) is 2.50. The smallest absolute Gasteiger partial charge is 0.273 e. The Labute approximate surface area is 169 Å². The minimum atomic E-state index is -0.381. The number of nitrogens with zero attached hydrogens (tertiary/aromatic N) is 2. The summed E-state index contributed by atoms with van der Waals surface area (Å²) in [5, 5.41) is 10.8. The molecule has 9 heteroatoms. The first-order chi connectivity index (χ1) is 14.1. The summed E-state index contributed by atoms with van der Waals surface area (Å²) in [6.45, 7) is 5.07. The highest BCUT2D eigenvalue weighted by Crippen LogP contribution is 2.31. The van der Waals surface area contributed by atoms with Crippen molar-refractivity contribution in [2.45, 2.75) is 19.3 Å². The SMILES string of the molecule is C=CCOc1ccc(-c2nnc(CCC(=O)NCCCOC)c(=O)[nH]2)cc1OC. The van der Waals surface area contributed by atoms with E-state index >= 15 is 0 Å². The van der Waals surface area contributed by atoms with Gasteiger partial charge >= 0.3 is 0 Å². The summed E-state index contributed by atoms with van der Waals surface area (Å²) in [5.74, 6) is 1.21. The predicted molar refractivity (Wildman–Crippen MR) is 108 cm³/mol. The number of H-pyrrole nitrogens is 1. The Balaban J connectivity index is 2.02. The number of aromatic nitrogens is 3. The summed E-state index contributed by atoms with van der Waals surface area (Å²) in [6, 6.07) is 5.17. The Morgan fingerprint density at radius 2 is 2.10 bits per heavy atom.